The van der Waals surface area contributed by atoms with Gasteiger partial charge in [0.15, 0.2) is 0 Å². The molecule has 20 heavy (non-hydrogen) atoms. The molecule has 3 N–H and O–H groups in total. The van der Waals surface area contributed by atoms with Crippen molar-refractivity contribution in [2.24, 2.45) is 0 Å². The number of halogens is 2. The molecule has 0 saturated carbocycles. The summed E-state index contributed by atoms with van der Waals surface area (Å²) in [4.78, 5) is -0.154. The van der Waals surface area contributed by atoms with Gasteiger partial charge in [0.25, 0.3) is 10.0 Å². The molecule has 2 aromatic rings. The van der Waals surface area contributed by atoms with Crippen LogP contribution in [0.25, 0.3) is 0 Å². The van der Waals surface area contributed by atoms with Gasteiger partial charge >= 0.3 is 0 Å². The Kier molecular flexibility index (Phi) is 4.13. The van der Waals surface area contributed by atoms with E-state index in [1.165, 1.54) is 12.1 Å². The fraction of sp³-hybridized carbons (Fsp3) is 0.0769. The zero-order valence-electron chi connectivity index (χ0n) is 10.5. The second kappa shape index (κ2) is 5.52. The van der Waals surface area contributed by atoms with E-state index in [9.17, 15) is 8.42 Å². The van der Waals surface area contributed by atoms with E-state index in [1.807, 2.05) is 6.92 Å². The van der Waals surface area contributed by atoms with Crippen molar-refractivity contribution in [2.45, 2.75) is 11.8 Å². The number of nitrogen functional groups attached to an aromatic ring is 1. The van der Waals surface area contributed by atoms with Gasteiger partial charge in [-0.25, -0.2) is 8.42 Å². The molecule has 0 aromatic heterocycles. The lowest BCUT2D eigenvalue weighted by Gasteiger charge is -2.12. The second-order valence-electron chi connectivity index (χ2n) is 4.25. The fourth-order valence-corrected chi connectivity index (χ4v) is 3.81. The largest absolute Gasteiger partial charge is 0.398 e. The average molecular weight is 331 g/mol. The Balaban J connectivity index is 2.46. The molecule has 0 heterocycles. The molecule has 2 aromatic carbocycles. The van der Waals surface area contributed by atoms with Gasteiger partial charge in [-0.3, -0.25) is 4.72 Å². The molecule has 0 aliphatic carbocycles. The summed E-state index contributed by atoms with van der Waals surface area (Å²) in [6, 6.07) is 9.51. The van der Waals surface area contributed by atoms with Crippen molar-refractivity contribution in [1.82, 2.24) is 0 Å². The summed E-state index contributed by atoms with van der Waals surface area (Å²) in [5, 5.41) is 0.361. The van der Waals surface area contributed by atoms with Gasteiger partial charge in [0.1, 0.15) is 4.90 Å². The van der Waals surface area contributed by atoms with Crippen LogP contribution in [-0.4, -0.2) is 8.42 Å². The fourth-order valence-electron chi connectivity index (χ4n) is 1.71. The van der Waals surface area contributed by atoms with Gasteiger partial charge in [-0.1, -0.05) is 35.3 Å². The van der Waals surface area contributed by atoms with Crippen LogP contribution in [0.2, 0.25) is 10.0 Å². The van der Waals surface area contributed by atoms with E-state index in [2.05, 4.69) is 4.72 Å². The SMILES string of the molecule is Cc1ccc(NS(=O)(=O)c2c(N)cccc2Cl)c(Cl)c1. The predicted octanol–water partition coefficient (Wildman–Crippen LogP) is 3.68. The molecule has 0 unspecified atom stereocenters. The summed E-state index contributed by atoms with van der Waals surface area (Å²) in [5.74, 6) is 0. The first-order chi connectivity index (χ1) is 9.31. The van der Waals surface area contributed by atoms with Gasteiger partial charge in [-0.15, -0.1) is 0 Å². The number of hydrogen-bond acceptors (Lipinski definition) is 3. The lowest BCUT2D eigenvalue weighted by molar-refractivity contribution is 0.601. The summed E-state index contributed by atoms with van der Waals surface area (Å²) < 4.78 is 27.1. The number of nitrogens with one attached hydrogen (secondary N) is 1. The Morgan fingerprint density at radius 1 is 1.10 bits per heavy atom. The molecule has 7 heteroatoms. The van der Waals surface area contributed by atoms with Gasteiger partial charge < -0.3 is 5.73 Å². The van der Waals surface area contributed by atoms with Crippen LogP contribution in [0, 0.1) is 6.92 Å². The van der Waals surface area contributed by atoms with Crippen molar-refractivity contribution in [3.05, 3.63) is 52.0 Å². The molecule has 0 fully saturated rings. The quantitative estimate of drug-likeness (QED) is 0.843. The van der Waals surface area contributed by atoms with E-state index in [4.69, 9.17) is 28.9 Å². The summed E-state index contributed by atoms with van der Waals surface area (Å²) in [7, 11) is -3.90. The number of rotatable bonds is 3. The lowest BCUT2D eigenvalue weighted by Crippen LogP contribution is -2.15. The maximum atomic E-state index is 12.3. The Bertz CT molecular complexity index is 741. The van der Waals surface area contributed by atoms with E-state index in [0.717, 1.165) is 5.56 Å². The van der Waals surface area contributed by atoms with E-state index < -0.39 is 10.0 Å². The van der Waals surface area contributed by atoms with E-state index >= 15 is 0 Å². The van der Waals surface area contributed by atoms with Crippen LogP contribution < -0.4 is 10.5 Å². The van der Waals surface area contributed by atoms with Crippen LogP contribution in [0.4, 0.5) is 11.4 Å². The monoisotopic (exact) mass is 330 g/mol. The molecule has 0 amide bonds. The normalized spacial score (nSPS) is 11.3. The van der Waals surface area contributed by atoms with Crippen LogP contribution in [0.3, 0.4) is 0 Å². The highest BCUT2D eigenvalue weighted by Crippen LogP contribution is 2.31. The Hall–Kier alpha value is -1.43. The van der Waals surface area contributed by atoms with Crippen molar-refractivity contribution in [2.75, 3.05) is 10.5 Å². The topological polar surface area (TPSA) is 72.2 Å². The van der Waals surface area contributed by atoms with Crippen LogP contribution in [-0.2, 0) is 10.0 Å². The van der Waals surface area contributed by atoms with Gasteiger partial charge in [-0.2, -0.15) is 0 Å². The van der Waals surface area contributed by atoms with E-state index in [0.29, 0.717) is 5.02 Å². The van der Waals surface area contributed by atoms with Gasteiger partial charge in [-0.05, 0) is 36.8 Å². The standard InChI is InChI=1S/C13H12Cl2N2O2S/c1-8-5-6-12(10(15)7-8)17-20(18,19)13-9(14)3-2-4-11(13)16/h2-7,17H,16H2,1H3. The second-order valence-corrected chi connectivity index (χ2v) is 6.68. The summed E-state index contributed by atoms with van der Waals surface area (Å²) >= 11 is 11.9. The molecular formula is C13H12Cl2N2O2S. The molecule has 0 saturated heterocycles. The van der Waals surface area contributed by atoms with E-state index in [-0.39, 0.29) is 21.3 Å². The van der Waals surface area contributed by atoms with Crippen LogP contribution >= 0.6 is 23.2 Å². The van der Waals surface area contributed by atoms with Crippen molar-refractivity contribution < 1.29 is 8.42 Å². The summed E-state index contributed by atoms with van der Waals surface area (Å²) in [6.45, 7) is 1.86. The highest BCUT2D eigenvalue weighted by atomic mass is 35.5. The minimum absolute atomic E-state index is 0.0562. The summed E-state index contributed by atoms with van der Waals surface area (Å²) in [6.07, 6.45) is 0. The Morgan fingerprint density at radius 2 is 1.80 bits per heavy atom. The van der Waals surface area contributed by atoms with E-state index in [1.54, 1.807) is 24.3 Å². The number of hydrogen-bond donors (Lipinski definition) is 2. The number of sulfonamides is 1. The molecule has 0 spiro atoms. The molecule has 2 rings (SSSR count). The molecule has 0 aliphatic rings. The highest BCUT2D eigenvalue weighted by molar-refractivity contribution is 7.93. The minimum atomic E-state index is -3.90. The lowest BCUT2D eigenvalue weighted by atomic mass is 10.2. The maximum absolute atomic E-state index is 12.3. The third kappa shape index (κ3) is 3.00. The number of aryl methyl sites for hydroxylation is 1. The Morgan fingerprint density at radius 3 is 2.40 bits per heavy atom. The van der Waals surface area contributed by atoms with Gasteiger partial charge in [0.2, 0.25) is 0 Å². The number of nitrogens with two attached hydrogens (primary N) is 1. The van der Waals surface area contributed by atoms with Crippen molar-refractivity contribution in [1.29, 1.82) is 0 Å². The van der Waals surface area contributed by atoms with Crippen molar-refractivity contribution in [3.63, 3.8) is 0 Å². The summed E-state index contributed by atoms with van der Waals surface area (Å²) in [5.41, 5.74) is 6.96. The first-order valence-corrected chi connectivity index (χ1v) is 7.88. The molecule has 106 valence electrons. The third-order valence-corrected chi connectivity index (χ3v) is 4.86. The number of benzene rings is 2. The van der Waals surface area contributed by atoms with Gasteiger partial charge in [0.05, 0.1) is 21.4 Å². The Labute approximate surface area is 127 Å². The maximum Gasteiger partial charge on any atom is 0.265 e. The molecule has 0 bridgehead atoms. The minimum Gasteiger partial charge on any atom is -0.398 e. The van der Waals surface area contributed by atoms with Crippen LogP contribution in [0.1, 0.15) is 5.56 Å². The smallest absolute Gasteiger partial charge is 0.265 e. The zero-order chi connectivity index (χ0) is 14.9. The van der Waals surface area contributed by atoms with Crippen molar-refractivity contribution in [3.8, 4) is 0 Å². The predicted molar refractivity (Wildman–Crippen MR) is 82.9 cm³/mol. The molecule has 0 aliphatic heterocycles. The molecule has 0 atom stereocenters. The molecule has 0 radical (unpaired) electrons. The third-order valence-electron chi connectivity index (χ3n) is 2.64. The molecule has 4 nitrogen and oxygen atoms in total. The first kappa shape index (κ1) is 15.0. The highest BCUT2D eigenvalue weighted by Gasteiger charge is 2.22. The first-order valence-electron chi connectivity index (χ1n) is 5.64. The van der Waals surface area contributed by atoms with Gasteiger partial charge in [0, 0.05) is 0 Å². The number of anilines is 2. The zero-order valence-corrected chi connectivity index (χ0v) is 12.9. The average Bonchev–Trinajstić information content (AvgIpc) is 2.32. The van der Waals surface area contributed by atoms with Crippen LogP contribution in [0.15, 0.2) is 41.3 Å². The molecular weight excluding hydrogens is 319 g/mol. The van der Waals surface area contributed by atoms with Crippen LogP contribution in [0.5, 0.6) is 0 Å². The van der Waals surface area contributed by atoms with Crippen molar-refractivity contribution >= 4 is 44.6 Å².